The number of hydrogen-bond donors (Lipinski definition) is 2. The molecule has 1 amide bonds. The highest BCUT2D eigenvalue weighted by atomic mass is 16.5. The second-order valence-electron chi connectivity index (χ2n) is 8.47. The molecule has 0 spiro atoms. The van der Waals surface area contributed by atoms with Crippen LogP contribution in [0.25, 0.3) is 0 Å². The lowest BCUT2D eigenvalue weighted by Gasteiger charge is -2.30. The highest BCUT2D eigenvalue weighted by Crippen LogP contribution is 2.26. The first-order valence-electron chi connectivity index (χ1n) is 11.2. The van der Waals surface area contributed by atoms with E-state index in [1.807, 2.05) is 19.1 Å². The van der Waals surface area contributed by atoms with E-state index in [2.05, 4.69) is 34.2 Å². The van der Waals surface area contributed by atoms with Gasteiger partial charge in [0.25, 0.3) is 5.91 Å². The summed E-state index contributed by atoms with van der Waals surface area (Å²) in [5.41, 5.74) is 1.47. The number of hydrogen-bond acceptors (Lipinski definition) is 7. The zero-order valence-electron chi connectivity index (χ0n) is 18.8. The number of carbonyl (C=O) groups excluding carboxylic acids is 1. The van der Waals surface area contributed by atoms with E-state index in [-0.39, 0.29) is 25.0 Å². The van der Waals surface area contributed by atoms with E-state index < -0.39 is 0 Å². The van der Waals surface area contributed by atoms with Crippen LogP contribution in [0.1, 0.15) is 67.2 Å². The Morgan fingerprint density at radius 2 is 2.13 bits per heavy atom. The van der Waals surface area contributed by atoms with Crippen LogP contribution in [0.3, 0.4) is 0 Å². The molecule has 8 nitrogen and oxygen atoms in total. The number of amides is 1. The molecule has 2 aromatic rings. The van der Waals surface area contributed by atoms with Crippen LogP contribution in [0.15, 0.2) is 22.7 Å². The van der Waals surface area contributed by atoms with Crippen molar-refractivity contribution in [2.45, 2.75) is 52.4 Å². The van der Waals surface area contributed by atoms with E-state index in [0.717, 1.165) is 55.9 Å². The van der Waals surface area contributed by atoms with E-state index in [1.165, 1.54) is 0 Å². The average Bonchev–Trinajstić information content (AvgIpc) is 3.26. The maximum absolute atomic E-state index is 12.0. The maximum Gasteiger partial charge on any atom is 0.324 e. The van der Waals surface area contributed by atoms with E-state index in [9.17, 15) is 4.79 Å². The highest BCUT2D eigenvalue weighted by Gasteiger charge is 2.23. The van der Waals surface area contributed by atoms with Crippen LogP contribution in [0, 0.1) is 12.8 Å². The van der Waals surface area contributed by atoms with Crippen LogP contribution >= 0.6 is 0 Å². The summed E-state index contributed by atoms with van der Waals surface area (Å²) in [6.45, 7) is 8.77. The first kappa shape index (κ1) is 23.1. The van der Waals surface area contributed by atoms with Crippen molar-refractivity contribution in [2.75, 3.05) is 37.7 Å². The second kappa shape index (κ2) is 11.1. The van der Waals surface area contributed by atoms with Crippen molar-refractivity contribution in [2.24, 2.45) is 5.92 Å². The number of aliphatic hydroxyl groups is 1. The van der Waals surface area contributed by atoms with Gasteiger partial charge in [0.2, 0.25) is 0 Å². The Balaban J connectivity index is 1.36. The van der Waals surface area contributed by atoms with Gasteiger partial charge in [-0.25, -0.2) is 0 Å². The fourth-order valence-electron chi connectivity index (χ4n) is 3.81. The smallest absolute Gasteiger partial charge is 0.324 e. The molecule has 0 bridgehead atoms. The van der Waals surface area contributed by atoms with Gasteiger partial charge in [-0.2, -0.15) is 4.98 Å². The number of aryl methyl sites for hydroxylation is 1. The molecular weight excluding hydrogens is 396 g/mol. The number of piperidine rings is 1. The van der Waals surface area contributed by atoms with Crippen molar-refractivity contribution in [3.05, 3.63) is 35.2 Å². The van der Waals surface area contributed by atoms with Gasteiger partial charge < -0.3 is 24.6 Å². The first-order chi connectivity index (χ1) is 15.0. The molecular formula is C23H34N4O4. The number of benzene rings is 1. The molecule has 8 heteroatoms. The molecule has 1 saturated heterocycles. The highest BCUT2D eigenvalue weighted by molar-refractivity contribution is 5.95. The Morgan fingerprint density at radius 3 is 2.77 bits per heavy atom. The first-order valence-corrected chi connectivity index (χ1v) is 11.2. The molecule has 1 fully saturated rings. The average molecular weight is 431 g/mol. The Labute approximate surface area is 184 Å². The van der Waals surface area contributed by atoms with Crippen molar-refractivity contribution >= 4 is 11.9 Å². The lowest BCUT2D eigenvalue weighted by molar-refractivity contribution is 0.0944. The number of nitrogens with one attached hydrogen (secondary N) is 1. The molecule has 170 valence electrons. The normalized spacial score (nSPS) is 14.8. The minimum absolute atomic E-state index is 0.0684. The van der Waals surface area contributed by atoms with Gasteiger partial charge in [0.05, 0.1) is 13.2 Å². The van der Waals surface area contributed by atoms with E-state index >= 15 is 0 Å². The summed E-state index contributed by atoms with van der Waals surface area (Å²) in [5.74, 6) is 2.34. The summed E-state index contributed by atoms with van der Waals surface area (Å²) in [7, 11) is 0. The third-order valence-electron chi connectivity index (χ3n) is 5.70. The number of carbonyl (C=O) groups is 1. The molecule has 2 N–H and O–H groups in total. The minimum atomic E-state index is -0.176. The minimum Gasteiger partial charge on any atom is -0.494 e. The van der Waals surface area contributed by atoms with Crippen LogP contribution < -0.4 is 15.0 Å². The number of aromatic nitrogens is 2. The fraction of sp³-hybridized carbons (Fsp3) is 0.609. The summed E-state index contributed by atoms with van der Waals surface area (Å²) < 4.78 is 11.3. The van der Waals surface area contributed by atoms with Crippen molar-refractivity contribution in [1.29, 1.82) is 0 Å². The Morgan fingerprint density at radius 1 is 1.35 bits per heavy atom. The number of anilines is 1. The molecule has 0 aliphatic carbocycles. The van der Waals surface area contributed by atoms with Gasteiger partial charge in [0.1, 0.15) is 5.75 Å². The summed E-state index contributed by atoms with van der Waals surface area (Å²) >= 11 is 0. The third-order valence-corrected chi connectivity index (χ3v) is 5.70. The Hall–Kier alpha value is -2.61. The standard InChI is InChI=1S/C23H34N4O4/c1-16(2)21-25-23(31-26-21)27-11-8-18(9-12-27)5-4-14-30-19-6-7-20(17(3)15-19)22(29)24-10-13-28/h6-7,15-16,18,28H,4-5,8-14H2,1-3H3,(H,24,29). The van der Waals surface area contributed by atoms with E-state index in [0.29, 0.717) is 24.1 Å². The van der Waals surface area contributed by atoms with Crippen LogP contribution in [-0.2, 0) is 0 Å². The van der Waals surface area contributed by atoms with Gasteiger partial charge in [0.15, 0.2) is 5.82 Å². The molecule has 0 radical (unpaired) electrons. The number of rotatable bonds is 10. The number of aliphatic hydroxyl groups excluding tert-OH is 1. The number of nitrogens with zero attached hydrogens (tertiary/aromatic N) is 3. The van der Waals surface area contributed by atoms with Gasteiger partial charge >= 0.3 is 6.01 Å². The maximum atomic E-state index is 12.0. The van der Waals surface area contributed by atoms with Crippen molar-refractivity contribution in [3.63, 3.8) is 0 Å². The predicted molar refractivity (Wildman–Crippen MR) is 119 cm³/mol. The SMILES string of the molecule is Cc1cc(OCCCC2CCN(c3nc(C(C)C)no3)CC2)ccc1C(=O)NCCO. The summed E-state index contributed by atoms with van der Waals surface area (Å²) in [6.07, 6.45) is 4.38. The monoisotopic (exact) mass is 430 g/mol. The molecule has 0 unspecified atom stereocenters. The second-order valence-corrected chi connectivity index (χ2v) is 8.47. The topological polar surface area (TPSA) is 101 Å². The fourth-order valence-corrected chi connectivity index (χ4v) is 3.81. The molecule has 0 atom stereocenters. The molecule has 0 saturated carbocycles. The molecule has 2 heterocycles. The van der Waals surface area contributed by atoms with Crippen LogP contribution in [0.4, 0.5) is 6.01 Å². The summed E-state index contributed by atoms with van der Waals surface area (Å²) in [5, 5.41) is 15.6. The molecule has 3 rings (SSSR count). The summed E-state index contributed by atoms with van der Waals surface area (Å²) in [4.78, 5) is 18.7. The van der Waals surface area contributed by atoms with Crippen LogP contribution in [-0.4, -0.2) is 54.0 Å². The molecule has 1 aromatic heterocycles. The summed E-state index contributed by atoms with van der Waals surface area (Å²) in [6, 6.07) is 6.14. The van der Waals surface area contributed by atoms with Gasteiger partial charge in [-0.15, -0.1) is 0 Å². The van der Waals surface area contributed by atoms with Gasteiger partial charge in [-0.05, 0) is 62.3 Å². The van der Waals surface area contributed by atoms with Gasteiger partial charge in [-0.1, -0.05) is 19.0 Å². The van der Waals surface area contributed by atoms with Crippen LogP contribution in [0.5, 0.6) is 5.75 Å². The molecule has 1 aromatic carbocycles. The quantitative estimate of drug-likeness (QED) is 0.558. The van der Waals surface area contributed by atoms with Gasteiger partial charge in [0, 0.05) is 31.1 Å². The number of ether oxygens (including phenoxy) is 1. The largest absolute Gasteiger partial charge is 0.494 e. The van der Waals surface area contributed by atoms with Crippen molar-refractivity contribution < 1.29 is 19.2 Å². The lowest BCUT2D eigenvalue weighted by Crippen LogP contribution is -2.34. The van der Waals surface area contributed by atoms with Gasteiger partial charge in [-0.3, -0.25) is 4.79 Å². The predicted octanol–water partition coefficient (Wildman–Crippen LogP) is 3.30. The van der Waals surface area contributed by atoms with E-state index in [4.69, 9.17) is 14.4 Å². The molecule has 1 aliphatic rings. The molecule has 31 heavy (non-hydrogen) atoms. The zero-order valence-corrected chi connectivity index (χ0v) is 18.8. The van der Waals surface area contributed by atoms with E-state index in [1.54, 1.807) is 6.07 Å². The van der Waals surface area contributed by atoms with Crippen molar-refractivity contribution in [3.8, 4) is 5.75 Å². The zero-order chi connectivity index (χ0) is 22.2. The lowest BCUT2D eigenvalue weighted by atomic mass is 9.92. The molecule has 1 aliphatic heterocycles. The third kappa shape index (κ3) is 6.43. The Kier molecular flexibility index (Phi) is 8.28. The Bertz CT molecular complexity index is 844. The van der Waals surface area contributed by atoms with Crippen LogP contribution in [0.2, 0.25) is 0 Å². The van der Waals surface area contributed by atoms with Crippen molar-refractivity contribution in [1.82, 2.24) is 15.5 Å².